The van der Waals surface area contributed by atoms with Crippen LogP contribution in [0.4, 0.5) is 10.1 Å². The molecule has 1 fully saturated rings. The van der Waals surface area contributed by atoms with Gasteiger partial charge in [0.1, 0.15) is 0 Å². The molecule has 4 heteroatoms. The minimum Gasteiger partial charge on any atom is -0.494 e. The number of anilines is 1. The summed E-state index contributed by atoms with van der Waals surface area (Å²) in [5.41, 5.74) is 0.741. The lowest BCUT2D eigenvalue weighted by Gasteiger charge is -2.34. The number of nitrogens with zero attached hydrogens (tertiary/aromatic N) is 1. The fourth-order valence-corrected chi connectivity index (χ4v) is 1.91. The summed E-state index contributed by atoms with van der Waals surface area (Å²) >= 11 is 0. The number of rotatable bonds is 2. The number of hydrogen-bond acceptors (Lipinski definition) is 3. The van der Waals surface area contributed by atoms with Crippen LogP contribution >= 0.6 is 0 Å². The van der Waals surface area contributed by atoms with Gasteiger partial charge in [-0.15, -0.1) is 0 Å². The highest BCUT2D eigenvalue weighted by atomic mass is 19.1. The summed E-state index contributed by atoms with van der Waals surface area (Å²) < 4.78 is 18.4. The summed E-state index contributed by atoms with van der Waals surface area (Å²) in [6, 6.07) is 5.15. The molecule has 1 atom stereocenters. The highest BCUT2D eigenvalue weighted by Crippen LogP contribution is 2.27. The Labute approximate surface area is 108 Å². The summed E-state index contributed by atoms with van der Waals surface area (Å²) in [6.45, 7) is 6.76. The van der Waals surface area contributed by atoms with E-state index in [0.717, 1.165) is 18.5 Å². The lowest BCUT2D eigenvalue weighted by Crippen LogP contribution is -2.37. The number of benzene rings is 1. The van der Waals surface area contributed by atoms with Crippen molar-refractivity contribution >= 4 is 5.69 Å². The van der Waals surface area contributed by atoms with Crippen LogP contribution in [0.5, 0.6) is 5.75 Å². The fourth-order valence-electron chi connectivity index (χ4n) is 1.91. The van der Waals surface area contributed by atoms with Crippen molar-refractivity contribution in [2.45, 2.75) is 39.7 Å². The smallest absolute Gasteiger partial charge is 0.167 e. The minimum atomic E-state index is -0.360. The molecule has 18 heavy (non-hydrogen) atoms. The molecule has 1 saturated heterocycles. The van der Waals surface area contributed by atoms with E-state index < -0.39 is 0 Å². The van der Waals surface area contributed by atoms with Gasteiger partial charge in [-0.25, -0.2) is 4.39 Å². The first kappa shape index (κ1) is 14.8. The van der Waals surface area contributed by atoms with Crippen molar-refractivity contribution in [3.8, 4) is 5.75 Å². The first-order chi connectivity index (χ1) is 8.72. The van der Waals surface area contributed by atoms with E-state index in [-0.39, 0.29) is 17.6 Å². The Bertz CT molecular complexity index is 371. The summed E-state index contributed by atoms with van der Waals surface area (Å²) in [5.74, 6) is -0.102. The van der Waals surface area contributed by atoms with E-state index in [2.05, 4.69) is 6.92 Å². The van der Waals surface area contributed by atoms with Crippen molar-refractivity contribution in [2.24, 2.45) is 0 Å². The summed E-state index contributed by atoms with van der Waals surface area (Å²) in [7, 11) is 1.46. The van der Waals surface area contributed by atoms with Crippen LogP contribution in [0.15, 0.2) is 18.2 Å². The largest absolute Gasteiger partial charge is 0.494 e. The van der Waals surface area contributed by atoms with Gasteiger partial charge < -0.3 is 4.74 Å². The second-order valence-electron chi connectivity index (χ2n) is 3.97. The van der Waals surface area contributed by atoms with E-state index in [1.165, 1.54) is 13.2 Å². The first-order valence-electron chi connectivity index (χ1n) is 6.48. The zero-order valence-corrected chi connectivity index (χ0v) is 11.6. The maximum Gasteiger partial charge on any atom is 0.167 e. The molecule has 1 aliphatic heterocycles. The number of hydrogen-bond donors (Lipinski definition) is 0. The molecule has 1 unspecified atom stereocenters. The number of ether oxygens (including phenoxy) is 1. The van der Waals surface area contributed by atoms with Crippen LogP contribution in [-0.4, -0.2) is 19.8 Å². The Balaban J connectivity index is 0.000000771. The predicted octanol–water partition coefficient (Wildman–Crippen LogP) is 3.78. The van der Waals surface area contributed by atoms with Gasteiger partial charge in [0.15, 0.2) is 11.6 Å². The van der Waals surface area contributed by atoms with E-state index in [1.54, 1.807) is 11.1 Å². The number of methoxy groups -OCH3 is 1. The average molecular weight is 255 g/mol. The van der Waals surface area contributed by atoms with E-state index in [1.807, 2.05) is 19.9 Å². The van der Waals surface area contributed by atoms with Crippen molar-refractivity contribution < 1.29 is 14.0 Å². The van der Waals surface area contributed by atoms with Gasteiger partial charge in [-0.1, -0.05) is 13.8 Å². The standard InChI is InChI=1S/C12H16FNO2.C2H6/c1-9-4-3-7-16-14(9)10-5-6-12(15-2)11(13)8-10;1-2/h5-6,8-9H,3-4,7H2,1-2H3;1-2H3. The van der Waals surface area contributed by atoms with Crippen LogP contribution < -0.4 is 9.80 Å². The van der Waals surface area contributed by atoms with Gasteiger partial charge in [-0.05, 0) is 31.9 Å². The zero-order valence-electron chi connectivity index (χ0n) is 11.6. The molecule has 0 bridgehead atoms. The molecule has 0 radical (unpaired) electrons. The lowest BCUT2D eigenvalue weighted by molar-refractivity contribution is 0.0532. The van der Waals surface area contributed by atoms with Crippen LogP contribution in [0.3, 0.4) is 0 Å². The van der Waals surface area contributed by atoms with Crippen LogP contribution in [-0.2, 0) is 4.84 Å². The second-order valence-corrected chi connectivity index (χ2v) is 3.97. The van der Waals surface area contributed by atoms with Gasteiger partial charge in [0.25, 0.3) is 0 Å². The molecule has 1 heterocycles. The molecule has 2 rings (SSSR count). The Hall–Kier alpha value is -1.29. The van der Waals surface area contributed by atoms with Crippen molar-refractivity contribution in [2.75, 3.05) is 18.8 Å². The SMILES string of the molecule is CC.COc1ccc(N2OCCCC2C)cc1F. The summed E-state index contributed by atoms with van der Waals surface area (Å²) in [4.78, 5) is 5.53. The quantitative estimate of drug-likeness (QED) is 0.802. The van der Waals surface area contributed by atoms with Crippen molar-refractivity contribution in [3.05, 3.63) is 24.0 Å². The van der Waals surface area contributed by atoms with E-state index >= 15 is 0 Å². The Morgan fingerprint density at radius 3 is 2.67 bits per heavy atom. The monoisotopic (exact) mass is 255 g/mol. The van der Waals surface area contributed by atoms with Gasteiger partial charge in [-0.3, -0.25) is 9.90 Å². The Morgan fingerprint density at radius 1 is 1.39 bits per heavy atom. The normalized spacial score (nSPS) is 18.9. The third kappa shape index (κ3) is 3.35. The topological polar surface area (TPSA) is 21.7 Å². The van der Waals surface area contributed by atoms with Gasteiger partial charge in [-0.2, -0.15) is 0 Å². The lowest BCUT2D eigenvalue weighted by atomic mass is 10.1. The van der Waals surface area contributed by atoms with Gasteiger partial charge >= 0.3 is 0 Å². The van der Waals surface area contributed by atoms with Crippen molar-refractivity contribution in [3.63, 3.8) is 0 Å². The molecule has 0 N–H and O–H groups in total. The minimum absolute atomic E-state index is 0.258. The van der Waals surface area contributed by atoms with Crippen molar-refractivity contribution in [1.29, 1.82) is 0 Å². The Kier molecular flexibility index (Phi) is 5.92. The third-order valence-electron chi connectivity index (χ3n) is 2.79. The number of hydroxylamine groups is 1. The predicted molar refractivity (Wildman–Crippen MR) is 71.4 cm³/mol. The van der Waals surface area contributed by atoms with Crippen molar-refractivity contribution in [1.82, 2.24) is 0 Å². The molecule has 0 aliphatic carbocycles. The third-order valence-corrected chi connectivity index (χ3v) is 2.79. The zero-order chi connectivity index (χ0) is 13.5. The average Bonchev–Trinajstić information content (AvgIpc) is 2.41. The van der Waals surface area contributed by atoms with Gasteiger partial charge in [0.2, 0.25) is 0 Å². The van der Waals surface area contributed by atoms with E-state index in [0.29, 0.717) is 6.61 Å². The highest BCUT2D eigenvalue weighted by molar-refractivity contribution is 5.48. The molecule has 1 aromatic carbocycles. The molecule has 102 valence electrons. The molecule has 0 spiro atoms. The molecule has 0 amide bonds. The van der Waals surface area contributed by atoms with Crippen LogP contribution in [0.25, 0.3) is 0 Å². The number of halogens is 1. The first-order valence-corrected chi connectivity index (χ1v) is 6.48. The van der Waals surface area contributed by atoms with E-state index in [4.69, 9.17) is 9.57 Å². The molecule has 1 aromatic rings. The molecular formula is C14H22FNO2. The fraction of sp³-hybridized carbons (Fsp3) is 0.571. The maximum atomic E-state index is 13.5. The Morgan fingerprint density at radius 2 is 2.11 bits per heavy atom. The van der Waals surface area contributed by atoms with Crippen LogP contribution in [0.1, 0.15) is 33.6 Å². The second kappa shape index (κ2) is 7.21. The van der Waals surface area contributed by atoms with Gasteiger partial charge in [0.05, 0.1) is 25.4 Å². The molecule has 0 aromatic heterocycles. The maximum absolute atomic E-state index is 13.5. The molecule has 1 aliphatic rings. The highest BCUT2D eigenvalue weighted by Gasteiger charge is 2.20. The van der Waals surface area contributed by atoms with Crippen LogP contribution in [0.2, 0.25) is 0 Å². The molecular weight excluding hydrogens is 233 g/mol. The van der Waals surface area contributed by atoms with Crippen LogP contribution in [0, 0.1) is 5.82 Å². The molecule has 0 saturated carbocycles. The van der Waals surface area contributed by atoms with E-state index in [9.17, 15) is 4.39 Å². The molecule has 3 nitrogen and oxygen atoms in total. The van der Waals surface area contributed by atoms with Gasteiger partial charge in [0, 0.05) is 6.07 Å². The summed E-state index contributed by atoms with van der Waals surface area (Å²) in [5, 5.41) is 1.77. The summed E-state index contributed by atoms with van der Waals surface area (Å²) in [6.07, 6.45) is 2.12.